The van der Waals surface area contributed by atoms with Crippen molar-refractivity contribution in [2.45, 2.75) is 33.7 Å². The lowest BCUT2D eigenvalue weighted by atomic mass is 10.0. The number of Topliss-reactive ketones (excluding diaryl/α,β-unsaturated/α-hetero) is 1. The molecule has 148 valence electrons. The zero-order chi connectivity index (χ0) is 20.7. The Morgan fingerprint density at radius 2 is 1.50 bits per heavy atom. The van der Waals surface area contributed by atoms with Gasteiger partial charge in [-0.25, -0.2) is 0 Å². The van der Waals surface area contributed by atoms with Gasteiger partial charge in [0, 0.05) is 16.8 Å². The molecule has 0 aliphatic heterocycles. The molecule has 0 heterocycles. The van der Waals surface area contributed by atoms with Crippen molar-refractivity contribution >= 4 is 23.3 Å². The summed E-state index contributed by atoms with van der Waals surface area (Å²) in [4.78, 5) is 36.5. The van der Waals surface area contributed by atoms with E-state index in [4.69, 9.17) is 4.74 Å². The third kappa shape index (κ3) is 5.67. The Kier molecular flexibility index (Phi) is 7.32. The molecule has 2 aromatic rings. The molecule has 0 aliphatic carbocycles. The van der Waals surface area contributed by atoms with Gasteiger partial charge in [-0.1, -0.05) is 13.8 Å². The number of rotatable bonds is 8. The van der Waals surface area contributed by atoms with Gasteiger partial charge in [-0.15, -0.1) is 0 Å². The summed E-state index contributed by atoms with van der Waals surface area (Å²) in [6.45, 7) is 7.65. The number of nitrogens with one attached hydrogen (secondary N) is 2. The highest BCUT2D eigenvalue weighted by Gasteiger charge is 2.25. The fourth-order valence-corrected chi connectivity index (χ4v) is 2.64. The van der Waals surface area contributed by atoms with Crippen molar-refractivity contribution in [2.24, 2.45) is 5.92 Å². The first-order valence-corrected chi connectivity index (χ1v) is 9.27. The van der Waals surface area contributed by atoms with Crippen molar-refractivity contribution in [1.82, 2.24) is 5.32 Å². The van der Waals surface area contributed by atoms with Crippen LogP contribution in [0.2, 0.25) is 0 Å². The van der Waals surface area contributed by atoms with E-state index in [-0.39, 0.29) is 23.5 Å². The van der Waals surface area contributed by atoms with Crippen LogP contribution in [0.1, 0.15) is 48.4 Å². The van der Waals surface area contributed by atoms with E-state index in [1.807, 2.05) is 20.8 Å². The van der Waals surface area contributed by atoms with Crippen LogP contribution < -0.4 is 15.4 Å². The Hall–Kier alpha value is -3.15. The van der Waals surface area contributed by atoms with Crippen LogP contribution in [-0.4, -0.2) is 30.2 Å². The van der Waals surface area contributed by atoms with E-state index in [1.165, 1.54) is 6.92 Å². The molecule has 0 aromatic heterocycles. The largest absolute Gasteiger partial charge is 0.494 e. The van der Waals surface area contributed by atoms with E-state index in [9.17, 15) is 14.4 Å². The highest BCUT2D eigenvalue weighted by atomic mass is 16.5. The van der Waals surface area contributed by atoms with Crippen molar-refractivity contribution in [3.05, 3.63) is 59.7 Å². The predicted molar refractivity (Wildman–Crippen MR) is 109 cm³/mol. The van der Waals surface area contributed by atoms with E-state index in [2.05, 4.69) is 10.6 Å². The smallest absolute Gasteiger partial charge is 0.251 e. The number of ether oxygens (including phenoxy) is 1. The molecule has 0 saturated heterocycles. The van der Waals surface area contributed by atoms with Crippen LogP contribution in [0.4, 0.5) is 5.69 Å². The molecule has 0 aliphatic rings. The highest BCUT2D eigenvalue weighted by molar-refractivity contribution is 6.01. The Morgan fingerprint density at radius 3 is 2.00 bits per heavy atom. The minimum atomic E-state index is -0.702. The maximum atomic E-state index is 12.7. The molecule has 28 heavy (non-hydrogen) atoms. The molecule has 2 aromatic carbocycles. The summed E-state index contributed by atoms with van der Waals surface area (Å²) in [6.07, 6.45) is 0. The number of hydrogen-bond donors (Lipinski definition) is 2. The number of benzene rings is 2. The van der Waals surface area contributed by atoms with Gasteiger partial charge in [0.15, 0.2) is 5.78 Å². The molecule has 6 nitrogen and oxygen atoms in total. The summed E-state index contributed by atoms with van der Waals surface area (Å²) in [5.74, 6) is -0.108. The average molecular weight is 382 g/mol. The van der Waals surface area contributed by atoms with Gasteiger partial charge in [-0.2, -0.15) is 0 Å². The van der Waals surface area contributed by atoms with Gasteiger partial charge >= 0.3 is 0 Å². The molecule has 1 unspecified atom stereocenters. The monoisotopic (exact) mass is 382 g/mol. The summed E-state index contributed by atoms with van der Waals surface area (Å²) < 4.78 is 5.37. The van der Waals surface area contributed by atoms with Crippen LogP contribution in [0, 0.1) is 5.92 Å². The van der Waals surface area contributed by atoms with Gasteiger partial charge in [-0.05, 0) is 68.3 Å². The first-order valence-electron chi connectivity index (χ1n) is 9.27. The SMILES string of the molecule is CCOc1ccc(C(=O)NC(C(=O)Nc2ccc(C(C)=O)cc2)C(C)C)cc1. The number of amides is 2. The van der Waals surface area contributed by atoms with Crippen molar-refractivity contribution < 1.29 is 19.1 Å². The number of anilines is 1. The van der Waals surface area contributed by atoms with Gasteiger partial charge in [0.05, 0.1) is 6.61 Å². The first kappa shape index (κ1) is 21.2. The third-order valence-corrected chi connectivity index (χ3v) is 4.22. The summed E-state index contributed by atoms with van der Waals surface area (Å²) in [6, 6.07) is 12.7. The zero-order valence-corrected chi connectivity index (χ0v) is 16.6. The van der Waals surface area contributed by atoms with E-state index in [1.54, 1.807) is 48.5 Å². The summed E-state index contributed by atoms with van der Waals surface area (Å²) in [5, 5.41) is 5.58. The Morgan fingerprint density at radius 1 is 0.929 bits per heavy atom. The van der Waals surface area contributed by atoms with Crippen molar-refractivity contribution in [3.63, 3.8) is 0 Å². The van der Waals surface area contributed by atoms with Crippen LogP contribution in [0.5, 0.6) is 5.75 Å². The molecule has 1 atom stereocenters. The van der Waals surface area contributed by atoms with Crippen LogP contribution >= 0.6 is 0 Å². The van der Waals surface area contributed by atoms with Crippen molar-refractivity contribution in [1.29, 1.82) is 0 Å². The van der Waals surface area contributed by atoms with Gasteiger partial charge in [0.2, 0.25) is 5.91 Å². The molecule has 0 spiro atoms. The van der Waals surface area contributed by atoms with Crippen LogP contribution in [-0.2, 0) is 4.79 Å². The zero-order valence-electron chi connectivity index (χ0n) is 16.6. The second-order valence-corrected chi connectivity index (χ2v) is 6.78. The van der Waals surface area contributed by atoms with E-state index >= 15 is 0 Å². The lowest BCUT2D eigenvalue weighted by Crippen LogP contribution is -2.47. The number of hydrogen-bond acceptors (Lipinski definition) is 4. The van der Waals surface area contributed by atoms with Crippen LogP contribution in [0.25, 0.3) is 0 Å². The molecule has 2 amide bonds. The molecule has 6 heteroatoms. The number of ketones is 1. The molecule has 0 radical (unpaired) electrons. The lowest BCUT2D eigenvalue weighted by Gasteiger charge is -2.22. The maximum absolute atomic E-state index is 12.7. The third-order valence-electron chi connectivity index (χ3n) is 4.22. The second-order valence-electron chi connectivity index (χ2n) is 6.78. The van der Waals surface area contributed by atoms with Crippen LogP contribution in [0.3, 0.4) is 0 Å². The first-order chi connectivity index (χ1) is 13.3. The molecule has 0 bridgehead atoms. The fraction of sp³-hybridized carbons (Fsp3) is 0.318. The summed E-state index contributed by atoms with van der Waals surface area (Å²) >= 11 is 0. The fourth-order valence-electron chi connectivity index (χ4n) is 2.64. The Bertz CT molecular complexity index is 827. The van der Waals surface area contributed by atoms with Gasteiger partial charge in [0.1, 0.15) is 11.8 Å². The number of carbonyl (C=O) groups is 3. The quantitative estimate of drug-likeness (QED) is 0.682. The van der Waals surface area contributed by atoms with Crippen molar-refractivity contribution in [3.8, 4) is 5.75 Å². The minimum absolute atomic E-state index is 0.0412. The van der Waals surface area contributed by atoms with E-state index in [0.29, 0.717) is 29.2 Å². The standard InChI is InChI=1S/C22H26N2O4/c1-5-28-19-12-8-17(9-13-19)21(26)24-20(14(2)3)22(27)23-18-10-6-16(7-11-18)15(4)25/h6-14,20H,5H2,1-4H3,(H,23,27)(H,24,26). The summed E-state index contributed by atoms with van der Waals surface area (Å²) in [7, 11) is 0. The Labute approximate surface area is 165 Å². The van der Waals surface area contributed by atoms with Gasteiger partial charge in [0.25, 0.3) is 5.91 Å². The molecular formula is C22H26N2O4. The topological polar surface area (TPSA) is 84.5 Å². The van der Waals surface area contributed by atoms with Gasteiger partial charge < -0.3 is 15.4 Å². The van der Waals surface area contributed by atoms with E-state index in [0.717, 1.165) is 0 Å². The number of carbonyl (C=O) groups excluding carboxylic acids is 3. The van der Waals surface area contributed by atoms with Gasteiger partial charge in [-0.3, -0.25) is 14.4 Å². The highest BCUT2D eigenvalue weighted by Crippen LogP contribution is 2.15. The summed E-state index contributed by atoms with van der Waals surface area (Å²) in [5.41, 5.74) is 1.59. The molecule has 2 N–H and O–H groups in total. The molecule has 0 fully saturated rings. The predicted octanol–water partition coefficient (Wildman–Crippen LogP) is 3.68. The molecule has 0 saturated carbocycles. The maximum Gasteiger partial charge on any atom is 0.251 e. The Balaban J connectivity index is 2.05. The molecule has 2 rings (SSSR count). The average Bonchev–Trinajstić information content (AvgIpc) is 2.66. The van der Waals surface area contributed by atoms with Crippen molar-refractivity contribution in [2.75, 3.05) is 11.9 Å². The van der Waals surface area contributed by atoms with E-state index < -0.39 is 6.04 Å². The minimum Gasteiger partial charge on any atom is -0.494 e. The second kappa shape index (κ2) is 9.69. The molecular weight excluding hydrogens is 356 g/mol. The lowest BCUT2D eigenvalue weighted by molar-refractivity contribution is -0.118. The van der Waals surface area contributed by atoms with Crippen LogP contribution in [0.15, 0.2) is 48.5 Å². The normalized spacial score (nSPS) is 11.6.